The lowest BCUT2D eigenvalue weighted by Crippen LogP contribution is -2.40. The van der Waals surface area contributed by atoms with Gasteiger partial charge in [-0.25, -0.2) is 4.39 Å². The molecule has 0 saturated heterocycles. The highest BCUT2D eigenvalue weighted by Gasteiger charge is 2.44. The van der Waals surface area contributed by atoms with Gasteiger partial charge in [0.2, 0.25) is 0 Å². The quantitative estimate of drug-likeness (QED) is 0.851. The topological polar surface area (TPSA) is 38.4 Å². The number of fused-ring (bicyclic) bond motifs is 1. The molecule has 2 nitrogen and oxygen atoms in total. The van der Waals surface area contributed by atoms with Gasteiger partial charge >= 0.3 is 0 Å². The van der Waals surface area contributed by atoms with Crippen molar-refractivity contribution in [1.29, 1.82) is 0 Å². The maximum absolute atomic E-state index is 14.3. The molecule has 1 aromatic rings. The fourth-order valence-electron chi connectivity index (χ4n) is 3.42. The Hall–Kier alpha value is -1.03. The van der Waals surface area contributed by atoms with Crippen molar-refractivity contribution in [3.63, 3.8) is 0 Å². The Labute approximate surface area is 117 Å². The van der Waals surface area contributed by atoms with Crippen LogP contribution in [0.5, 0.6) is 0 Å². The summed E-state index contributed by atoms with van der Waals surface area (Å²) in [7, 11) is 0. The van der Waals surface area contributed by atoms with Crippen LogP contribution in [0, 0.1) is 11.7 Å². The highest BCUT2D eigenvalue weighted by molar-refractivity contribution is 8.13. The molecule has 2 atom stereocenters. The van der Waals surface area contributed by atoms with E-state index in [1.165, 1.54) is 12.8 Å². The highest BCUT2D eigenvalue weighted by Crippen LogP contribution is 2.48. The number of nitrogens with two attached hydrogens (primary N) is 1. The van der Waals surface area contributed by atoms with Crippen LogP contribution in [-0.2, 0) is 5.54 Å². The fraction of sp³-hybridized carbons (Fsp3) is 0.533. The SMILES string of the molecule is NC1=N[C@@]2(c3ccccc3F)CCCCC[C@H]2CS1. The average molecular weight is 278 g/mol. The maximum Gasteiger partial charge on any atom is 0.154 e. The number of thioether (sulfide) groups is 1. The van der Waals surface area contributed by atoms with E-state index in [0.717, 1.165) is 30.6 Å². The van der Waals surface area contributed by atoms with Crippen molar-refractivity contribution in [2.45, 2.75) is 37.6 Å². The van der Waals surface area contributed by atoms with Crippen molar-refractivity contribution >= 4 is 16.9 Å². The van der Waals surface area contributed by atoms with Crippen molar-refractivity contribution in [3.8, 4) is 0 Å². The number of benzene rings is 1. The molecule has 1 fully saturated rings. The van der Waals surface area contributed by atoms with E-state index in [2.05, 4.69) is 0 Å². The Morgan fingerprint density at radius 3 is 2.95 bits per heavy atom. The molecule has 1 aliphatic heterocycles. The maximum atomic E-state index is 14.3. The predicted octanol–water partition coefficient (Wildman–Crippen LogP) is 3.66. The van der Waals surface area contributed by atoms with Gasteiger partial charge in [0, 0.05) is 11.3 Å². The second kappa shape index (κ2) is 5.16. The Bertz CT molecular complexity index is 503. The molecule has 3 rings (SSSR count). The van der Waals surface area contributed by atoms with Crippen LogP contribution < -0.4 is 5.73 Å². The van der Waals surface area contributed by atoms with Gasteiger partial charge in [0.25, 0.3) is 0 Å². The molecule has 0 aromatic heterocycles. The summed E-state index contributed by atoms with van der Waals surface area (Å²) in [5.41, 5.74) is 6.28. The van der Waals surface area contributed by atoms with Crippen LogP contribution in [0.4, 0.5) is 4.39 Å². The zero-order chi connectivity index (χ0) is 13.3. The third-order valence-electron chi connectivity index (χ3n) is 4.37. The summed E-state index contributed by atoms with van der Waals surface area (Å²) in [6, 6.07) is 7.08. The summed E-state index contributed by atoms with van der Waals surface area (Å²) in [5, 5.41) is 0.612. The van der Waals surface area contributed by atoms with Crippen LogP contribution in [0.2, 0.25) is 0 Å². The zero-order valence-electron chi connectivity index (χ0n) is 10.9. The van der Waals surface area contributed by atoms with Gasteiger partial charge in [0.05, 0.1) is 5.54 Å². The molecule has 1 saturated carbocycles. The fourth-order valence-corrected chi connectivity index (χ4v) is 4.46. The number of hydrogen-bond acceptors (Lipinski definition) is 3. The second-order valence-electron chi connectivity index (χ2n) is 5.46. The number of rotatable bonds is 1. The summed E-state index contributed by atoms with van der Waals surface area (Å²) < 4.78 is 14.3. The van der Waals surface area contributed by atoms with E-state index in [4.69, 9.17) is 10.7 Å². The van der Waals surface area contributed by atoms with Crippen molar-refractivity contribution in [1.82, 2.24) is 0 Å². The van der Waals surface area contributed by atoms with Gasteiger partial charge in [-0.15, -0.1) is 0 Å². The van der Waals surface area contributed by atoms with Gasteiger partial charge < -0.3 is 5.73 Å². The van der Waals surface area contributed by atoms with E-state index in [9.17, 15) is 4.39 Å². The second-order valence-corrected chi connectivity index (χ2v) is 6.50. The van der Waals surface area contributed by atoms with Crippen molar-refractivity contribution in [2.24, 2.45) is 16.6 Å². The smallest absolute Gasteiger partial charge is 0.154 e. The molecule has 19 heavy (non-hydrogen) atoms. The van der Waals surface area contributed by atoms with Crippen LogP contribution in [0.15, 0.2) is 29.3 Å². The Kier molecular flexibility index (Phi) is 3.52. The zero-order valence-corrected chi connectivity index (χ0v) is 11.8. The number of halogens is 1. The van der Waals surface area contributed by atoms with Gasteiger partial charge in [0.15, 0.2) is 5.17 Å². The highest BCUT2D eigenvalue weighted by atomic mass is 32.2. The third kappa shape index (κ3) is 2.27. The van der Waals surface area contributed by atoms with E-state index < -0.39 is 5.54 Å². The standard InChI is InChI=1S/C15H19FN2S/c16-13-8-4-3-7-12(13)15-9-5-1-2-6-11(15)10-19-14(17)18-15/h3-4,7-8,11H,1-2,5-6,9-10H2,(H2,17,18)/t11-,15-/m0/s1. The molecular formula is C15H19FN2S. The summed E-state index contributed by atoms with van der Waals surface area (Å²) in [6.07, 6.45) is 5.58. The van der Waals surface area contributed by atoms with Crippen LogP contribution in [0.3, 0.4) is 0 Å². The monoisotopic (exact) mass is 278 g/mol. The largest absolute Gasteiger partial charge is 0.379 e. The summed E-state index contributed by atoms with van der Waals surface area (Å²) in [5.74, 6) is 1.23. The van der Waals surface area contributed by atoms with E-state index in [0.29, 0.717) is 11.1 Å². The lowest BCUT2D eigenvalue weighted by molar-refractivity contribution is 0.273. The third-order valence-corrected chi connectivity index (χ3v) is 5.32. The average Bonchev–Trinajstić information content (AvgIpc) is 2.61. The summed E-state index contributed by atoms with van der Waals surface area (Å²) in [6.45, 7) is 0. The normalized spacial score (nSPS) is 31.2. The molecule has 2 aliphatic rings. The van der Waals surface area contributed by atoms with Crippen molar-refractivity contribution in [2.75, 3.05) is 5.75 Å². The van der Waals surface area contributed by atoms with Gasteiger partial charge in [-0.05, 0) is 24.8 Å². The number of amidine groups is 1. The van der Waals surface area contributed by atoms with E-state index >= 15 is 0 Å². The van der Waals surface area contributed by atoms with E-state index in [1.54, 1.807) is 23.9 Å². The molecular weight excluding hydrogens is 259 g/mol. The molecule has 1 aromatic carbocycles. The summed E-state index contributed by atoms with van der Waals surface area (Å²) in [4.78, 5) is 4.74. The molecule has 0 spiro atoms. The number of hydrogen-bond donors (Lipinski definition) is 1. The molecule has 0 amide bonds. The first-order chi connectivity index (χ1) is 9.22. The van der Waals surface area contributed by atoms with E-state index in [-0.39, 0.29) is 5.82 Å². The van der Waals surface area contributed by atoms with Gasteiger partial charge in [-0.2, -0.15) is 0 Å². The first kappa shape index (κ1) is 13.0. The van der Waals surface area contributed by atoms with Crippen molar-refractivity contribution < 1.29 is 4.39 Å². The number of nitrogens with zero attached hydrogens (tertiary/aromatic N) is 1. The van der Waals surface area contributed by atoms with Crippen LogP contribution in [0.1, 0.15) is 37.7 Å². The molecule has 1 heterocycles. The Morgan fingerprint density at radius 1 is 1.26 bits per heavy atom. The first-order valence-electron chi connectivity index (χ1n) is 6.95. The minimum Gasteiger partial charge on any atom is -0.379 e. The molecule has 102 valence electrons. The van der Waals surface area contributed by atoms with Gasteiger partial charge in [-0.1, -0.05) is 49.2 Å². The van der Waals surface area contributed by atoms with Crippen LogP contribution in [-0.4, -0.2) is 10.9 Å². The number of aliphatic imine (C=N–C) groups is 1. The molecule has 4 heteroatoms. The van der Waals surface area contributed by atoms with E-state index in [1.807, 2.05) is 12.1 Å². The predicted molar refractivity (Wildman–Crippen MR) is 78.7 cm³/mol. The van der Waals surface area contributed by atoms with Crippen molar-refractivity contribution in [3.05, 3.63) is 35.6 Å². The van der Waals surface area contributed by atoms with Crippen LogP contribution in [0.25, 0.3) is 0 Å². The molecule has 0 bridgehead atoms. The lowest BCUT2D eigenvalue weighted by Gasteiger charge is -2.40. The van der Waals surface area contributed by atoms with Gasteiger partial charge in [0.1, 0.15) is 5.82 Å². The Morgan fingerprint density at radius 2 is 2.11 bits per heavy atom. The molecule has 0 radical (unpaired) electrons. The Balaban J connectivity index is 2.14. The first-order valence-corrected chi connectivity index (χ1v) is 7.94. The lowest BCUT2D eigenvalue weighted by atomic mass is 9.75. The molecule has 0 unspecified atom stereocenters. The minimum absolute atomic E-state index is 0.141. The molecule has 1 aliphatic carbocycles. The summed E-state index contributed by atoms with van der Waals surface area (Å²) >= 11 is 1.62. The molecule has 2 N–H and O–H groups in total. The van der Waals surface area contributed by atoms with Gasteiger partial charge in [-0.3, -0.25) is 4.99 Å². The van der Waals surface area contributed by atoms with Crippen LogP contribution >= 0.6 is 11.8 Å². The minimum atomic E-state index is -0.419.